The summed E-state index contributed by atoms with van der Waals surface area (Å²) in [6.07, 6.45) is 16.8. The van der Waals surface area contributed by atoms with E-state index in [0.29, 0.717) is 52.9 Å². The molecule has 21 heteroatoms. The summed E-state index contributed by atoms with van der Waals surface area (Å²) in [6.45, 7) is 22.0. The second kappa shape index (κ2) is 47.5. The Morgan fingerprint density at radius 3 is 0.453 bits per heavy atom. The van der Waals surface area contributed by atoms with Crippen LogP contribution in [0.3, 0.4) is 0 Å². The molecule has 0 N–H and O–H groups in total. The van der Waals surface area contributed by atoms with Gasteiger partial charge in [0.15, 0.2) is 0 Å². The summed E-state index contributed by atoms with van der Waals surface area (Å²) in [5.41, 5.74) is -9.34. The van der Waals surface area contributed by atoms with Gasteiger partial charge >= 0.3 is 23.9 Å². The summed E-state index contributed by atoms with van der Waals surface area (Å²) in [5.74, 6) is 0. The van der Waals surface area contributed by atoms with Crippen LogP contribution in [0.4, 0.5) is 0 Å². The summed E-state index contributed by atoms with van der Waals surface area (Å²) in [7, 11) is 0. The summed E-state index contributed by atoms with van der Waals surface area (Å²) in [6, 6.07) is 0. The molecule has 0 spiro atoms. The molecule has 0 aromatic rings. The molecule has 320 valence electrons. The smallest absolute Gasteiger partial charge is 0.691 e. The van der Waals surface area contributed by atoms with E-state index in [2.05, 4.69) is 55.4 Å². The maximum absolute atomic E-state index is 5.33. The van der Waals surface area contributed by atoms with Gasteiger partial charge in [-0.3, -0.25) is 0 Å². The molecule has 0 aliphatic carbocycles. The van der Waals surface area contributed by atoms with Gasteiger partial charge in [0.05, 0.1) is 75.6 Å². The van der Waals surface area contributed by atoms with E-state index >= 15 is 0 Å². The summed E-state index contributed by atoms with van der Waals surface area (Å²) in [4.78, 5) is 0. The van der Waals surface area contributed by atoms with E-state index < -0.39 is 22.8 Å². The van der Waals surface area contributed by atoms with E-state index in [9.17, 15) is 0 Å². The van der Waals surface area contributed by atoms with E-state index in [4.69, 9.17) is 132 Å². The van der Waals surface area contributed by atoms with Crippen molar-refractivity contribution in [3.8, 4) is 0 Å². The van der Waals surface area contributed by atoms with Gasteiger partial charge in [-0.15, -0.1) is 0 Å². The van der Waals surface area contributed by atoms with Crippen LogP contribution in [-0.4, -0.2) is 76.8 Å². The van der Waals surface area contributed by atoms with Crippen molar-refractivity contribution in [3.05, 3.63) is 0 Å². The standard InChI is InChI=1S/4C8H19O2PS2.Sn/c4*1-3-5-7-9-11(12,13)10-8-6-4-2;/h4*3-8H2,1-2H3,(H,12,13);/q;;;;+4/p-4. The van der Waals surface area contributed by atoms with Crippen LogP contribution in [0.2, 0.25) is 0 Å². The zero-order chi connectivity index (χ0) is 40.6. The van der Waals surface area contributed by atoms with Crippen LogP contribution in [0, 0.1) is 0 Å². The predicted octanol–water partition coefficient (Wildman–Crippen LogP) is 13.2. The molecule has 8 nitrogen and oxygen atoms in total. The van der Waals surface area contributed by atoms with Gasteiger partial charge in [0, 0.05) is 0 Å². The Morgan fingerprint density at radius 2 is 0.377 bits per heavy atom. The van der Waals surface area contributed by atoms with Gasteiger partial charge in [0.2, 0.25) is 0 Å². The van der Waals surface area contributed by atoms with E-state index in [1.165, 1.54) is 0 Å². The molecule has 0 fully saturated rings. The zero-order valence-corrected chi connectivity index (χ0v) is 46.8. The minimum Gasteiger partial charge on any atom is -0.691 e. The minimum absolute atomic E-state index is 0. The molecule has 0 radical (unpaired) electrons. The third kappa shape index (κ3) is 60.9. The van der Waals surface area contributed by atoms with Crippen molar-refractivity contribution < 1.29 is 36.2 Å². The van der Waals surface area contributed by atoms with Gasteiger partial charge in [0.1, 0.15) is 0 Å². The molecule has 0 rings (SSSR count). The Morgan fingerprint density at radius 1 is 0.283 bits per heavy atom. The Balaban J connectivity index is -0.000000192. The molecule has 0 aliphatic rings. The van der Waals surface area contributed by atoms with Crippen LogP contribution < -0.4 is 0 Å². The quantitative estimate of drug-likeness (QED) is 0.0277. The number of hydrogen-bond acceptors (Lipinski definition) is 16. The largest absolute Gasteiger partial charge is 4.00 e. The fraction of sp³-hybridized carbons (Fsp3) is 1.00. The first-order chi connectivity index (χ1) is 24.5. The first kappa shape index (κ1) is 66.6. The molecule has 0 saturated carbocycles. The third-order valence-electron chi connectivity index (χ3n) is 5.98. The van der Waals surface area contributed by atoms with Crippen molar-refractivity contribution in [2.45, 2.75) is 158 Å². The number of unbranched alkanes of at least 4 members (excludes halogenated alkanes) is 8. The van der Waals surface area contributed by atoms with Gasteiger partial charge < -0.3 is 85.2 Å². The monoisotopic (exact) mass is 1080 g/mol. The van der Waals surface area contributed by atoms with E-state index in [0.717, 1.165) is 103 Å². The molecule has 0 aromatic carbocycles. The Hall–Kier alpha value is 4.48. The van der Waals surface area contributed by atoms with E-state index in [1.54, 1.807) is 0 Å². The van der Waals surface area contributed by atoms with Crippen molar-refractivity contribution in [2.24, 2.45) is 0 Å². The first-order valence-electron chi connectivity index (χ1n) is 18.9. The molecule has 0 unspecified atom stereocenters. The van der Waals surface area contributed by atoms with E-state index in [-0.39, 0.29) is 23.9 Å². The molecule has 0 aromatic heterocycles. The fourth-order valence-corrected chi connectivity index (χ4v) is 9.41. The van der Waals surface area contributed by atoms with Crippen LogP contribution in [0.15, 0.2) is 0 Å². The normalized spacial score (nSPS) is 11.7. The van der Waals surface area contributed by atoms with Gasteiger partial charge in [-0.25, -0.2) is 0 Å². The van der Waals surface area contributed by atoms with Gasteiger partial charge in [0.25, 0.3) is 0 Å². The summed E-state index contributed by atoms with van der Waals surface area (Å²) >= 11 is 40.4. The maximum atomic E-state index is 5.33. The molecular weight excluding hydrogens is 1010 g/mol. The Bertz CT molecular complexity index is 752. The van der Waals surface area contributed by atoms with Crippen LogP contribution in [-0.2, 0) is 132 Å². The van der Waals surface area contributed by atoms with Gasteiger partial charge in [-0.1, -0.05) is 154 Å². The van der Waals surface area contributed by atoms with Crippen molar-refractivity contribution in [1.29, 1.82) is 0 Å². The van der Waals surface area contributed by atoms with Crippen molar-refractivity contribution >= 4 is 143 Å². The maximum Gasteiger partial charge on any atom is 4.00 e. The molecular formula is C32H72O8P4S8Sn. The van der Waals surface area contributed by atoms with E-state index in [1.807, 2.05) is 0 Å². The second-order valence-corrected chi connectivity index (χ2v) is 31.2. The number of rotatable bonds is 32. The molecule has 0 atom stereocenters. The van der Waals surface area contributed by atoms with Crippen molar-refractivity contribution in [3.63, 3.8) is 0 Å². The molecule has 0 bridgehead atoms. The predicted molar refractivity (Wildman–Crippen MR) is 259 cm³/mol. The molecule has 0 heterocycles. The molecule has 53 heavy (non-hydrogen) atoms. The average Bonchev–Trinajstić information content (AvgIpc) is 3.06. The fourth-order valence-electron chi connectivity index (χ4n) is 2.71. The van der Waals surface area contributed by atoms with Crippen molar-refractivity contribution in [1.82, 2.24) is 0 Å². The van der Waals surface area contributed by atoms with Crippen LogP contribution >= 0.6 is 22.8 Å². The Kier molecular flexibility index (Phi) is 59.7. The molecule has 0 amide bonds. The SMILES string of the molecule is CCCCOP(=S)([S-])OCCCC.CCCCOP(=S)([S-])OCCCC.CCCCOP(=S)([S-])OCCCC.CCCCOP(=S)([S-])OCCCC.[Sn+4]. The average molecular weight is 1080 g/mol. The first-order valence-corrected chi connectivity index (χ1v) is 33.5. The van der Waals surface area contributed by atoms with Gasteiger partial charge in [-0.2, -0.15) is 0 Å². The van der Waals surface area contributed by atoms with Crippen molar-refractivity contribution in [2.75, 3.05) is 52.9 Å². The molecule has 0 saturated heterocycles. The summed E-state index contributed by atoms with van der Waals surface area (Å²) in [5, 5.41) is 0. The third-order valence-corrected chi connectivity index (χ3v) is 15.0. The topological polar surface area (TPSA) is 73.8 Å². The van der Waals surface area contributed by atoms with Crippen LogP contribution in [0.5, 0.6) is 0 Å². The molecule has 0 aliphatic heterocycles. The zero-order valence-electron chi connectivity index (χ0n) is 33.8. The Labute approximate surface area is 386 Å². The second-order valence-electron chi connectivity index (χ2n) is 11.3. The minimum atomic E-state index is -2.34. The number of hydrogen-bond donors (Lipinski definition) is 0. The van der Waals surface area contributed by atoms with Crippen LogP contribution in [0.25, 0.3) is 0 Å². The van der Waals surface area contributed by atoms with Gasteiger partial charge in [-0.05, 0) is 51.4 Å². The summed E-state index contributed by atoms with van der Waals surface area (Å²) < 4.78 is 42.7. The van der Waals surface area contributed by atoms with Crippen LogP contribution in [0.1, 0.15) is 158 Å².